The molecule has 2 aliphatic rings. The number of carboxylic acids is 1. The molecule has 4 heterocycles. The predicted octanol–water partition coefficient (Wildman–Crippen LogP) is 13.4. The van der Waals surface area contributed by atoms with Crippen LogP contribution in [0.15, 0.2) is 169 Å². The molecule has 0 bridgehead atoms. The number of fused-ring (bicyclic) bond motifs is 3. The molecule has 2 aromatic heterocycles. The van der Waals surface area contributed by atoms with Crippen molar-refractivity contribution in [3.63, 3.8) is 0 Å². The van der Waals surface area contributed by atoms with Crippen LogP contribution in [0.5, 0.6) is 0 Å². The molecular weight excluding hydrogens is 989 g/mol. The molecule has 75 heavy (non-hydrogen) atoms. The van der Waals surface area contributed by atoms with E-state index in [-0.39, 0.29) is 11.5 Å². The summed E-state index contributed by atoms with van der Waals surface area (Å²) in [6.45, 7) is 5.45. The van der Waals surface area contributed by atoms with Crippen molar-refractivity contribution in [3.8, 4) is 22.3 Å². The number of aromatic nitrogens is 3. The molecule has 2 aliphatic heterocycles. The number of nitrogen functional groups attached to an aromatic ring is 1. The van der Waals surface area contributed by atoms with Gasteiger partial charge in [-0.05, 0) is 130 Å². The summed E-state index contributed by atoms with van der Waals surface area (Å²) in [5.41, 5.74) is 15.7. The number of carbonyl (C=O) groups excluding carboxylic acids is 1. The number of aromatic amines is 1. The van der Waals surface area contributed by atoms with E-state index in [9.17, 15) is 35.9 Å². The Balaban J connectivity index is 0.000000147. The van der Waals surface area contributed by atoms with Crippen molar-refractivity contribution >= 4 is 45.6 Å². The summed E-state index contributed by atoms with van der Waals surface area (Å²) in [6, 6.07) is 42.7. The molecule has 9 aromatic rings. The number of rotatable bonds is 9. The molecule has 0 saturated carbocycles. The number of para-hydroxylation sites is 2. The Bertz CT molecular complexity index is 3400. The molecule has 0 unspecified atom stereocenters. The average molecular weight is 1040 g/mol. The van der Waals surface area contributed by atoms with Crippen LogP contribution in [0.2, 0.25) is 0 Å². The van der Waals surface area contributed by atoms with E-state index in [0.717, 1.165) is 104 Å². The molecule has 382 valence electrons. The number of H-pyrrole nitrogens is 1. The number of aromatic carboxylic acids is 1. The third-order valence-electron chi connectivity index (χ3n) is 12.9. The van der Waals surface area contributed by atoms with Gasteiger partial charge in [0.05, 0.1) is 40.8 Å². The van der Waals surface area contributed by atoms with Gasteiger partial charge in [0.2, 0.25) is 0 Å². The van der Waals surface area contributed by atoms with Gasteiger partial charge >= 0.3 is 18.3 Å². The summed E-state index contributed by atoms with van der Waals surface area (Å²) in [7, 11) is 0. The van der Waals surface area contributed by atoms with Gasteiger partial charge in [0.15, 0.2) is 0 Å². The van der Waals surface area contributed by atoms with Gasteiger partial charge in [-0.15, -0.1) is 11.3 Å². The molecule has 0 spiro atoms. The van der Waals surface area contributed by atoms with Gasteiger partial charge in [-0.3, -0.25) is 14.6 Å². The van der Waals surface area contributed by atoms with E-state index in [1.54, 1.807) is 53.8 Å². The first-order valence-electron chi connectivity index (χ1n) is 23.9. The third-order valence-corrected chi connectivity index (χ3v) is 13.7. The molecule has 17 heteroatoms. The van der Waals surface area contributed by atoms with E-state index >= 15 is 0 Å². The van der Waals surface area contributed by atoms with Crippen molar-refractivity contribution in [1.82, 2.24) is 24.8 Å². The molecule has 11 rings (SSSR count). The number of imidazole rings is 1. The van der Waals surface area contributed by atoms with E-state index in [1.807, 2.05) is 54.0 Å². The number of carbonyl (C=O) groups is 2. The van der Waals surface area contributed by atoms with Crippen molar-refractivity contribution in [2.45, 2.75) is 51.4 Å². The fraction of sp³-hybridized carbons (Fsp3) is 0.172. The zero-order valence-electron chi connectivity index (χ0n) is 40.1. The number of hydrogen-bond acceptors (Lipinski definition) is 8. The number of amides is 1. The number of halogens is 6. The van der Waals surface area contributed by atoms with Gasteiger partial charge in [0, 0.05) is 54.7 Å². The van der Waals surface area contributed by atoms with Gasteiger partial charge in [-0.25, -0.2) is 14.8 Å². The van der Waals surface area contributed by atoms with Gasteiger partial charge in [-0.1, -0.05) is 84.9 Å². The molecule has 1 amide bonds. The third kappa shape index (κ3) is 13.0. The zero-order valence-corrected chi connectivity index (χ0v) is 40.9. The highest BCUT2D eigenvalue weighted by molar-refractivity contribution is 7.09. The Kier molecular flexibility index (Phi) is 15.6. The minimum absolute atomic E-state index is 0.0576. The minimum atomic E-state index is -4.40. The summed E-state index contributed by atoms with van der Waals surface area (Å²) in [4.78, 5) is 41.4. The Morgan fingerprint density at radius 2 is 1.19 bits per heavy atom. The van der Waals surface area contributed by atoms with Gasteiger partial charge in [0.25, 0.3) is 5.91 Å². The lowest BCUT2D eigenvalue weighted by atomic mass is 9.97. The number of nitrogens with two attached hydrogens (primary N) is 1. The van der Waals surface area contributed by atoms with Crippen molar-refractivity contribution in [1.29, 1.82) is 0 Å². The first-order chi connectivity index (χ1) is 36.0. The Hall–Kier alpha value is -8.12. The van der Waals surface area contributed by atoms with Crippen LogP contribution in [0.4, 0.5) is 37.7 Å². The quantitative estimate of drug-likeness (QED) is 0.0828. The number of carboxylic acid groups (broad SMARTS) is 1. The number of alkyl halides is 6. The largest absolute Gasteiger partial charge is 0.478 e. The molecule has 0 aliphatic carbocycles. The van der Waals surface area contributed by atoms with E-state index in [1.165, 1.54) is 52.6 Å². The lowest BCUT2D eigenvalue weighted by Gasteiger charge is -2.28. The monoisotopic (exact) mass is 1040 g/mol. The first kappa shape index (κ1) is 51.8. The van der Waals surface area contributed by atoms with Crippen molar-refractivity contribution in [3.05, 3.63) is 225 Å². The van der Waals surface area contributed by atoms with Crippen LogP contribution in [-0.2, 0) is 51.4 Å². The molecule has 0 radical (unpaired) electrons. The van der Waals surface area contributed by atoms with Crippen LogP contribution in [-0.4, -0.2) is 54.8 Å². The molecule has 7 aromatic carbocycles. The SMILES string of the molecule is Nc1ccc2c(c1)CCN(Cc1nc3ccccc3[nH]1)C2.O=C(Nc1ccc2c(c1)CCN(Cc1nccs1)C2)c1ccccc1-c1ccc(C(F)(F)F)cc1.O=C(O)c1ccccc1-c1ccc(C(F)(F)F)cc1. The molecule has 0 atom stereocenters. The summed E-state index contributed by atoms with van der Waals surface area (Å²) in [5.74, 6) is -0.382. The van der Waals surface area contributed by atoms with Crippen LogP contribution in [0.25, 0.3) is 33.3 Å². The number of nitrogens with zero attached hydrogens (tertiary/aromatic N) is 4. The molecule has 10 nitrogen and oxygen atoms in total. The molecular formula is C58H49F6N7O3S. The first-order valence-corrected chi connectivity index (χ1v) is 24.8. The second kappa shape index (κ2) is 22.6. The normalized spacial score (nSPS) is 13.6. The van der Waals surface area contributed by atoms with Crippen LogP contribution >= 0.6 is 11.3 Å². The Morgan fingerprint density at radius 1 is 0.640 bits per heavy atom. The van der Waals surface area contributed by atoms with Gasteiger partial charge < -0.3 is 21.1 Å². The van der Waals surface area contributed by atoms with Crippen LogP contribution in [0.3, 0.4) is 0 Å². The van der Waals surface area contributed by atoms with Crippen LogP contribution in [0.1, 0.15) is 64.9 Å². The Morgan fingerprint density at radius 3 is 1.77 bits per heavy atom. The number of nitrogens with one attached hydrogen (secondary N) is 2. The highest BCUT2D eigenvalue weighted by atomic mass is 32.1. The van der Waals surface area contributed by atoms with Crippen LogP contribution < -0.4 is 11.1 Å². The average Bonchev–Trinajstić information content (AvgIpc) is 4.08. The predicted molar refractivity (Wildman–Crippen MR) is 280 cm³/mol. The van der Waals surface area contributed by atoms with E-state index in [4.69, 9.17) is 10.8 Å². The van der Waals surface area contributed by atoms with Crippen LogP contribution in [0, 0.1) is 0 Å². The second-order valence-electron chi connectivity index (χ2n) is 18.1. The number of anilines is 2. The number of hydrogen-bond donors (Lipinski definition) is 4. The van der Waals surface area contributed by atoms with Crippen molar-refractivity contribution in [2.75, 3.05) is 24.1 Å². The lowest BCUT2D eigenvalue weighted by Crippen LogP contribution is -2.30. The fourth-order valence-electron chi connectivity index (χ4n) is 9.14. The second-order valence-corrected chi connectivity index (χ2v) is 19.0. The van der Waals surface area contributed by atoms with E-state index in [0.29, 0.717) is 33.5 Å². The molecule has 5 N–H and O–H groups in total. The van der Waals surface area contributed by atoms with Gasteiger partial charge in [0.1, 0.15) is 10.8 Å². The maximum Gasteiger partial charge on any atom is 0.416 e. The fourth-order valence-corrected chi connectivity index (χ4v) is 9.79. The number of thiazole rings is 1. The van der Waals surface area contributed by atoms with Crippen molar-refractivity contribution in [2.24, 2.45) is 0 Å². The van der Waals surface area contributed by atoms with Crippen molar-refractivity contribution < 1.29 is 41.0 Å². The zero-order chi connectivity index (χ0) is 52.7. The van der Waals surface area contributed by atoms with Gasteiger partial charge in [-0.2, -0.15) is 26.3 Å². The van der Waals surface area contributed by atoms with E-state index < -0.39 is 29.4 Å². The maximum absolute atomic E-state index is 13.1. The van der Waals surface area contributed by atoms with E-state index in [2.05, 4.69) is 48.3 Å². The highest BCUT2D eigenvalue weighted by Crippen LogP contribution is 2.34. The summed E-state index contributed by atoms with van der Waals surface area (Å²) in [5, 5.41) is 15.1. The molecule has 0 saturated heterocycles. The maximum atomic E-state index is 13.1. The minimum Gasteiger partial charge on any atom is -0.478 e. The summed E-state index contributed by atoms with van der Waals surface area (Å²) < 4.78 is 76.1. The highest BCUT2D eigenvalue weighted by Gasteiger charge is 2.31. The number of benzene rings is 7. The Labute approximate surface area is 432 Å². The smallest absolute Gasteiger partial charge is 0.416 e. The standard InChI is InChI=1S/C27H22F3N3OS.C17H18N4.C14H9F3O2/c28-27(29,30)21-8-5-18(6-9-21)23-3-1-2-4-24(23)26(34)32-22-10-7-20-16-33(13-11-19(20)15-22)17-25-31-12-14-35-25;18-14-6-5-13-10-21(8-7-12(13)9-14)11-17-19-15-3-1-2-4-16(15)20-17;15-14(16,17)10-7-5-9(6-8-10)11-3-1-2-4-12(11)13(18)19/h1-10,12,14-15H,11,13,16-17H2,(H,32,34);1-6,9H,7-8,10-11,18H2,(H,19,20);1-8H,(H,18,19). The topological polar surface area (TPSA) is 140 Å². The summed E-state index contributed by atoms with van der Waals surface area (Å²) >= 11 is 1.66. The molecule has 0 fully saturated rings. The summed E-state index contributed by atoms with van der Waals surface area (Å²) in [6.07, 6.45) is -5.04. The lowest BCUT2D eigenvalue weighted by molar-refractivity contribution is -0.138.